The Bertz CT molecular complexity index is 306. The molecule has 0 fully saturated rings. The zero-order chi connectivity index (χ0) is 14.6. The van der Waals surface area contributed by atoms with E-state index in [9.17, 15) is 9.59 Å². The molecule has 2 N–H and O–H groups in total. The molecular formula is C13H26N2O3. The second-order valence-corrected chi connectivity index (χ2v) is 6.53. The van der Waals surface area contributed by atoms with Crippen LogP contribution < -0.4 is 5.32 Å². The van der Waals surface area contributed by atoms with Gasteiger partial charge in [-0.25, -0.2) is 0 Å². The van der Waals surface area contributed by atoms with Gasteiger partial charge in [-0.3, -0.25) is 9.59 Å². The average molecular weight is 258 g/mol. The predicted molar refractivity (Wildman–Crippen MR) is 71.0 cm³/mol. The van der Waals surface area contributed by atoms with Gasteiger partial charge in [0.25, 0.3) is 0 Å². The molecule has 0 bridgehead atoms. The van der Waals surface area contributed by atoms with Crippen molar-refractivity contribution in [1.29, 1.82) is 0 Å². The van der Waals surface area contributed by atoms with Crippen LogP contribution in [-0.2, 0) is 9.59 Å². The Kier molecular flexibility index (Phi) is 5.80. The minimum absolute atomic E-state index is 0.0663. The minimum Gasteiger partial charge on any atom is -0.395 e. The average Bonchev–Trinajstić information content (AvgIpc) is 2.11. The smallest absolute Gasteiger partial charge is 0.311 e. The lowest BCUT2D eigenvalue weighted by molar-refractivity contribution is -0.146. The maximum atomic E-state index is 11.8. The summed E-state index contributed by atoms with van der Waals surface area (Å²) in [7, 11) is 1.49. The molecule has 5 nitrogen and oxygen atoms in total. The highest BCUT2D eigenvalue weighted by molar-refractivity contribution is 6.35. The number of carbonyl (C=O) groups excluding carboxylic acids is 2. The number of nitrogens with zero attached hydrogens (tertiary/aromatic N) is 1. The van der Waals surface area contributed by atoms with Crippen molar-refractivity contribution in [2.24, 2.45) is 5.41 Å². The lowest BCUT2D eigenvalue weighted by atomic mass is 9.82. The maximum absolute atomic E-state index is 11.8. The molecule has 0 spiro atoms. The molecule has 0 saturated carbocycles. The topological polar surface area (TPSA) is 69.6 Å². The van der Waals surface area contributed by atoms with Crippen LogP contribution in [0, 0.1) is 5.41 Å². The molecule has 0 heterocycles. The van der Waals surface area contributed by atoms with Crippen LogP contribution in [0.25, 0.3) is 0 Å². The van der Waals surface area contributed by atoms with Gasteiger partial charge in [-0.05, 0) is 25.7 Å². The summed E-state index contributed by atoms with van der Waals surface area (Å²) in [4.78, 5) is 24.7. The Morgan fingerprint density at radius 3 is 2.06 bits per heavy atom. The molecule has 0 aromatic heterocycles. The first-order valence-corrected chi connectivity index (χ1v) is 6.17. The largest absolute Gasteiger partial charge is 0.395 e. The van der Waals surface area contributed by atoms with Gasteiger partial charge in [0.2, 0.25) is 0 Å². The van der Waals surface area contributed by atoms with E-state index in [0.717, 1.165) is 6.42 Å². The van der Waals surface area contributed by atoms with Crippen molar-refractivity contribution in [1.82, 2.24) is 10.2 Å². The zero-order valence-electron chi connectivity index (χ0n) is 12.3. The summed E-state index contributed by atoms with van der Waals surface area (Å²) in [6.07, 6.45) is 0.767. The molecule has 0 aromatic carbocycles. The van der Waals surface area contributed by atoms with Gasteiger partial charge in [-0.2, -0.15) is 0 Å². The van der Waals surface area contributed by atoms with Crippen LogP contribution in [0.5, 0.6) is 0 Å². The van der Waals surface area contributed by atoms with Crippen molar-refractivity contribution in [3.8, 4) is 0 Å². The monoisotopic (exact) mass is 258 g/mol. The molecule has 0 aliphatic rings. The highest BCUT2D eigenvalue weighted by Crippen LogP contribution is 2.26. The molecule has 2 amide bonds. The first kappa shape index (κ1) is 16.9. The molecule has 0 saturated heterocycles. The number of aliphatic hydroxyl groups is 1. The Balaban J connectivity index is 4.51. The van der Waals surface area contributed by atoms with Gasteiger partial charge in [-0.15, -0.1) is 0 Å². The fraction of sp³-hybridized carbons (Fsp3) is 0.846. The van der Waals surface area contributed by atoms with Crippen LogP contribution in [-0.4, -0.2) is 47.6 Å². The number of hydrogen-bond acceptors (Lipinski definition) is 3. The standard InChI is InChI=1S/C13H26N2O3/c1-12(2,3)9-13(4,5)14-10(17)11(18)15(6)7-8-16/h16H,7-9H2,1-6H3,(H,14,17). The minimum atomic E-state index is -0.625. The Labute approximate surface area is 110 Å². The van der Waals surface area contributed by atoms with Gasteiger partial charge in [-0.1, -0.05) is 20.8 Å². The molecule has 0 rings (SSSR count). The molecule has 0 radical (unpaired) electrons. The number of amides is 2. The SMILES string of the molecule is CN(CCO)C(=O)C(=O)NC(C)(C)CC(C)(C)C. The summed E-state index contributed by atoms with van der Waals surface area (Å²) in [5.41, 5.74) is -0.373. The van der Waals surface area contributed by atoms with Crippen molar-refractivity contribution in [3.63, 3.8) is 0 Å². The Morgan fingerprint density at radius 2 is 1.67 bits per heavy atom. The van der Waals surface area contributed by atoms with Crippen molar-refractivity contribution < 1.29 is 14.7 Å². The van der Waals surface area contributed by atoms with Gasteiger partial charge in [0.15, 0.2) is 0 Å². The van der Waals surface area contributed by atoms with Crippen LogP contribution in [0.2, 0.25) is 0 Å². The summed E-state index contributed by atoms with van der Waals surface area (Å²) in [5, 5.41) is 11.5. The fourth-order valence-corrected chi connectivity index (χ4v) is 2.16. The normalized spacial score (nSPS) is 12.2. The second kappa shape index (κ2) is 6.18. The van der Waals surface area contributed by atoms with E-state index in [2.05, 4.69) is 26.1 Å². The van der Waals surface area contributed by atoms with Crippen LogP contribution >= 0.6 is 0 Å². The van der Waals surface area contributed by atoms with Crippen LogP contribution in [0.4, 0.5) is 0 Å². The van der Waals surface area contributed by atoms with Gasteiger partial charge >= 0.3 is 11.8 Å². The summed E-state index contributed by atoms with van der Waals surface area (Å²) >= 11 is 0. The summed E-state index contributed by atoms with van der Waals surface area (Å²) in [5.74, 6) is -1.24. The van der Waals surface area contributed by atoms with E-state index in [1.54, 1.807) is 0 Å². The van der Waals surface area contributed by atoms with Crippen LogP contribution in [0.15, 0.2) is 0 Å². The molecular weight excluding hydrogens is 232 g/mol. The Hall–Kier alpha value is -1.10. The molecule has 5 heteroatoms. The number of likely N-dealkylation sites (N-methyl/N-ethyl adjacent to an activating group) is 1. The van der Waals surface area contributed by atoms with Gasteiger partial charge in [0, 0.05) is 19.1 Å². The van der Waals surface area contributed by atoms with E-state index < -0.39 is 17.4 Å². The van der Waals surface area contributed by atoms with E-state index in [-0.39, 0.29) is 18.6 Å². The molecule has 18 heavy (non-hydrogen) atoms. The van der Waals surface area contributed by atoms with E-state index in [1.807, 2.05) is 13.8 Å². The third kappa shape index (κ3) is 6.59. The molecule has 0 aromatic rings. The Morgan fingerprint density at radius 1 is 1.17 bits per heavy atom. The first-order chi connectivity index (χ1) is 7.98. The molecule has 0 aliphatic carbocycles. The van der Waals surface area contributed by atoms with E-state index >= 15 is 0 Å². The van der Waals surface area contributed by atoms with Gasteiger partial charge in [0.1, 0.15) is 0 Å². The number of carbonyl (C=O) groups is 2. The second-order valence-electron chi connectivity index (χ2n) is 6.53. The summed E-state index contributed by atoms with van der Waals surface area (Å²) in [6, 6.07) is 0. The van der Waals surface area contributed by atoms with Crippen molar-refractivity contribution in [2.45, 2.75) is 46.6 Å². The molecule has 0 atom stereocenters. The number of hydrogen-bond donors (Lipinski definition) is 2. The number of nitrogens with one attached hydrogen (secondary N) is 1. The van der Waals surface area contributed by atoms with E-state index in [1.165, 1.54) is 11.9 Å². The fourth-order valence-electron chi connectivity index (χ4n) is 2.16. The third-order valence-electron chi connectivity index (χ3n) is 2.40. The van der Waals surface area contributed by atoms with Gasteiger partial charge < -0.3 is 15.3 Å². The quantitative estimate of drug-likeness (QED) is 0.732. The number of aliphatic hydroxyl groups excluding tert-OH is 1. The van der Waals surface area contributed by atoms with Crippen molar-refractivity contribution in [2.75, 3.05) is 20.2 Å². The maximum Gasteiger partial charge on any atom is 0.311 e. The lowest BCUT2D eigenvalue weighted by Gasteiger charge is -2.33. The van der Waals surface area contributed by atoms with Crippen molar-refractivity contribution in [3.05, 3.63) is 0 Å². The predicted octanol–water partition coefficient (Wildman–Crippen LogP) is 0.768. The zero-order valence-corrected chi connectivity index (χ0v) is 12.3. The number of rotatable bonds is 4. The van der Waals surface area contributed by atoms with Crippen LogP contribution in [0.1, 0.15) is 41.0 Å². The summed E-state index contributed by atoms with van der Waals surface area (Å²) < 4.78 is 0. The molecule has 0 aliphatic heterocycles. The first-order valence-electron chi connectivity index (χ1n) is 6.17. The van der Waals surface area contributed by atoms with Crippen LogP contribution in [0.3, 0.4) is 0 Å². The van der Waals surface area contributed by atoms with Gasteiger partial charge in [0.05, 0.1) is 6.61 Å². The molecule has 106 valence electrons. The third-order valence-corrected chi connectivity index (χ3v) is 2.40. The highest BCUT2D eigenvalue weighted by atomic mass is 16.3. The lowest BCUT2D eigenvalue weighted by Crippen LogP contribution is -2.51. The van der Waals surface area contributed by atoms with E-state index in [4.69, 9.17) is 5.11 Å². The van der Waals surface area contributed by atoms with Crippen molar-refractivity contribution >= 4 is 11.8 Å². The highest BCUT2D eigenvalue weighted by Gasteiger charge is 2.30. The van der Waals surface area contributed by atoms with E-state index in [0.29, 0.717) is 0 Å². The summed E-state index contributed by atoms with van der Waals surface area (Å²) in [6.45, 7) is 10.1. The molecule has 0 unspecified atom stereocenters.